The Balaban J connectivity index is 1.75. The third-order valence-electron chi connectivity index (χ3n) is 3.86. The fourth-order valence-electron chi connectivity index (χ4n) is 2.39. The largest absolute Gasteiger partial charge is 0.353 e. The molecule has 0 aromatic heterocycles. The molecule has 1 amide bonds. The van der Waals surface area contributed by atoms with Crippen molar-refractivity contribution in [3.63, 3.8) is 0 Å². The van der Waals surface area contributed by atoms with Crippen molar-refractivity contribution >= 4 is 5.91 Å². The highest BCUT2D eigenvalue weighted by Gasteiger charge is 2.42. The summed E-state index contributed by atoms with van der Waals surface area (Å²) in [6.45, 7) is 2.70. The van der Waals surface area contributed by atoms with Gasteiger partial charge in [-0.15, -0.1) is 0 Å². The van der Waals surface area contributed by atoms with Crippen LogP contribution in [0.15, 0.2) is 0 Å². The van der Waals surface area contributed by atoms with Crippen LogP contribution in [0.1, 0.15) is 45.4 Å². The lowest BCUT2D eigenvalue weighted by atomic mass is 10.0. The van der Waals surface area contributed by atoms with Crippen LogP contribution in [-0.4, -0.2) is 18.5 Å². The first kappa shape index (κ1) is 11.9. The summed E-state index contributed by atoms with van der Waals surface area (Å²) in [6.07, 6.45) is 7.14. The zero-order valence-electron chi connectivity index (χ0n) is 10.2. The molecule has 0 aromatic rings. The molecule has 0 bridgehead atoms. The number of hydrogen-bond donors (Lipinski definition) is 2. The van der Waals surface area contributed by atoms with Gasteiger partial charge < -0.3 is 11.1 Å². The summed E-state index contributed by atoms with van der Waals surface area (Å²) in [5, 5.41) is 3.27. The Kier molecular flexibility index (Phi) is 3.85. The first-order valence-corrected chi connectivity index (χ1v) is 6.72. The second kappa shape index (κ2) is 5.17. The maximum atomic E-state index is 12.0. The fraction of sp³-hybridized carbons (Fsp3) is 0.923. The van der Waals surface area contributed by atoms with E-state index >= 15 is 0 Å². The van der Waals surface area contributed by atoms with Crippen molar-refractivity contribution in [2.24, 2.45) is 23.5 Å². The molecule has 2 aliphatic carbocycles. The highest BCUT2D eigenvalue weighted by atomic mass is 16.1. The van der Waals surface area contributed by atoms with Crippen LogP contribution in [0.25, 0.3) is 0 Å². The molecule has 0 aliphatic heterocycles. The number of nitrogens with one attached hydrogen (secondary N) is 1. The summed E-state index contributed by atoms with van der Waals surface area (Å²) in [7, 11) is 0. The molecule has 1 atom stereocenters. The summed E-state index contributed by atoms with van der Waals surface area (Å²) in [4.78, 5) is 12.0. The lowest BCUT2D eigenvalue weighted by Crippen LogP contribution is -2.41. The number of amides is 1. The summed E-state index contributed by atoms with van der Waals surface area (Å²) in [6, 6.07) is 0.493. The van der Waals surface area contributed by atoms with E-state index in [0.717, 1.165) is 24.7 Å². The number of rotatable bonds is 7. The van der Waals surface area contributed by atoms with Crippen LogP contribution in [0.3, 0.4) is 0 Å². The average Bonchev–Trinajstić information content (AvgIpc) is 3.15. The SMILES string of the molecule is CC(CCCN)C(=O)NC(C1CC1)C1CC1. The highest BCUT2D eigenvalue weighted by molar-refractivity contribution is 5.78. The quantitative estimate of drug-likeness (QED) is 0.691. The minimum atomic E-state index is 0.128. The van der Waals surface area contributed by atoms with E-state index in [0.29, 0.717) is 12.6 Å². The Morgan fingerprint density at radius 3 is 2.31 bits per heavy atom. The molecule has 3 nitrogen and oxygen atoms in total. The zero-order valence-corrected chi connectivity index (χ0v) is 10.2. The van der Waals surface area contributed by atoms with Gasteiger partial charge in [0.1, 0.15) is 0 Å². The van der Waals surface area contributed by atoms with E-state index in [4.69, 9.17) is 5.73 Å². The van der Waals surface area contributed by atoms with Gasteiger partial charge in [0, 0.05) is 12.0 Å². The lowest BCUT2D eigenvalue weighted by molar-refractivity contribution is -0.125. The van der Waals surface area contributed by atoms with Crippen molar-refractivity contribution in [3.05, 3.63) is 0 Å². The van der Waals surface area contributed by atoms with Gasteiger partial charge in [-0.25, -0.2) is 0 Å². The Labute approximate surface area is 98.2 Å². The molecule has 0 aromatic carbocycles. The molecule has 2 aliphatic rings. The Morgan fingerprint density at radius 1 is 1.31 bits per heavy atom. The Morgan fingerprint density at radius 2 is 1.88 bits per heavy atom. The molecule has 3 N–H and O–H groups in total. The molecule has 0 heterocycles. The second-order valence-electron chi connectivity index (χ2n) is 5.54. The molecule has 3 heteroatoms. The van der Waals surface area contributed by atoms with Gasteiger partial charge in [-0.1, -0.05) is 6.92 Å². The van der Waals surface area contributed by atoms with E-state index in [-0.39, 0.29) is 11.8 Å². The van der Waals surface area contributed by atoms with Gasteiger partial charge in [0.15, 0.2) is 0 Å². The molecule has 16 heavy (non-hydrogen) atoms. The molecule has 0 saturated heterocycles. The first-order valence-electron chi connectivity index (χ1n) is 6.72. The van der Waals surface area contributed by atoms with Gasteiger partial charge in [-0.05, 0) is 56.9 Å². The Bertz CT molecular complexity index is 234. The third-order valence-corrected chi connectivity index (χ3v) is 3.86. The van der Waals surface area contributed by atoms with Crippen molar-refractivity contribution in [2.75, 3.05) is 6.54 Å². The maximum absolute atomic E-state index is 12.0. The van der Waals surface area contributed by atoms with Gasteiger partial charge >= 0.3 is 0 Å². The van der Waals surface area contributed by atoms with Crippen molar-refractivity contribution in [2.45, 2.75) is 51.5 Å². The predicted molar refractivity (Wildman–Crippen MR) is 64.8 cm³/mol. The van der Waals surface area contributed by atoms with Crippen LogP contribution in [0, 0.1) is 17.8 Å². The van der Waals surface area contributed by atoms with Gasteiger partial charge in [0.05, 0.1) is 0 Å². The van der Waals surface area contributed by atoms with Crippen molar-refractivity contribution in [3.8, 4) is 0 Å². The van der Waals surface area contributed by atoms with E-state index in [1.807, 2.05) is 6.92 Å². The highest BCUT2D eigenvalue weighted by Crippen LogP contribution is 2.44. The number of hydrogen-bond acceptors (Lipinski definition) is 2. The molecule has 1 unspecified atom stereocenters. The van der Waals surface area contributed by atoms with E-state index < -0.39 is 0 Å². The minimum absolute atomic E-state index is 0.128. The van der Waals surface area contributed by atoms with Crippen molar-refractivity contribution in [1.82, 2.24) is 5.32 Å². The predicted octanol–water partition coefficient (Wildman–Crippen LogP) is 1.67. The molecule has 0 radical (unpaired) electrons. The van der Waals surface area contributed by atoms with Crippen LogP contribution < -0.4 is 11.1 Å². The second-order valence-corrected chi connectivity index (χ2v) is 5.54. The maximum Gasteiger partial charge on any atom is 0.223 e. The van der Waals surface area contributed by atoms with E-state index in [9.17, 15) is 4.79 Å². The molecule has 0 spiro atoms. The van der Waals surface area contributed by atoms with Gasteiger partial charge in [-0.3, -0.25) is 4.79 Å². The molecular formula is C13H24N2O. The van der Waals surface area contributed by atoms with E-state index in [1.54, 1.807) is 0 Å². The molecule has 2 fully saturated rings. The summed E-state index contributed by atoms with van der Waals surface area (Å²) in [5.41, 5.74) is 5.46. The van der Waals surface area contributed by atoms with Gasteiger partial charge in [0.2, 0.25) is 5.91 Å². The van der Waals surface area contributed by atoms with Crippen molar-refractivity contribution < 1.29 is 4.79 Å². The average molecular weight is 224 g/mol. The Hall–Kier alpha value is -0.570. The standard InChI is InChI=1S/C13H24N2O/c1-9(3-2-8-14)13(16)15-12(10-4-5-10)11-6-7-11/h9-12H,2-8,14H2,1H3,(H,15,16). The first-order chi connectivity index (χ1) is 7.72. The summed E-state index contributed by atoms with van der Waals surface area (Å²) >= 11 is 0. The van der Waals surface area contributed by atoms with Crippen LogP contribution in [0.5, 0.6) is 0 Å². The fourth-order valence-corrected chi connectivity index (χ4v) is 2.39. The van der Waals surface area contributed by atoms with Crippen LogP contribution in [0.2, 0.25) is 0 Å². The summed E-state index contributed by atoms with van der Waals surface area (Å²) in [5.74, 6) is 1.96. The smallest absolute Gasteiger partial charge is 0.223 e. The van der Waals surface area contributed by atoms with Gasteiger partial charge in [-0.2, -0.15) is 0 Å². The molecular weight excluding hydrogens is 200 g/mol. The van der Waals surface area contributed by atoms with Crippen molar-refractivity contribution in [1.29, 1.82) is 0 Å². The molecule has 2 saturated carbocycles. The molecule has 2 rings (SSSR count). The van der Waals surface area contributed by atoms with E-state index in [2.05, 4.69) is 5.32 Å². The molecule has 92 valence electrons. The number of carbonyl (C=O) groups excluding carboxylic acids is 1. The minimum Gasteiger partial charge on any atom is -0.353 e. The number of nitrogens with two attached hydrogens (primary N) is 1. The number of carbonyl (C=O) groups is 1. The third kappa shape index (κ3) is 3.21. The zero-order chi connectivity index (χ0) is 11.5. The normalized spacial score (nSPS) is 22.2. The summed E-state index contributed by atoms with van der Waals surface area (Å²) < 4.78 is 0. The lowest BCUT2D eigenvalue weighted by Gasteiger charge is -2.20. The van der Waals surface area contributed by atoms with Gasteiger partial charge in [0.25, 0.3) is 0 Å². The van der Waals surface area contributed by atoms with Crippen LogP contribution in [-0.2, 0) is 4.79 Å². The monoisotopic (exact) mass is 224 g/mol. The van der Waals surface area contributed by atoms with Crippen LogP contribution in [0.4, 0.5) is 0 Å². The van der Waals surface area contributed by atoms with Crippen LogP contribution >= 0.6 is 0 Å². The van der Waals surface area contributed by atoms with E-state index in [1.165, 1.54) is 25.7 Å². The topological polar surface area (TPSA) is 55.1 Å².